The van der Waals surface area contributed by atoms with Crippen LogP contribution in [-0.4, -0.2) is 30.4 Å². The number of carbonyl (C=O) groups excluding carboxylic acids is 1. The van der Waals surface area contributed by atoms with Crippen molar-refractivity contribution < 1.29 is 4.79 Å². The van der Waals surface area contributed by atoms with E-state index in [1.807, 2.05) is 4.90 Å². The largest absolute Gasteiger partial charge is 0.385 e. The molecule has 0 spiro atoms. The van der Waals surface area contributed by atoms with Gasteiger partial charge in [-0.1, -0.05) is 19.9 Å². The van der Waals surface area contributed by atoms with Gasteiger partial charge in [0.1, 0.15) is 0 Å². The number of rotatable bonds is 8. The zero-order valence-electron chi connectivity index (χ0n) is 13.3. The summed E-state index contributed by atoms with van der Waals surface area (Å²) in [7, 11) is 0. The molecule has 3 nitrogen and oxygen atoms in total. The standard InChI is InChI=1S/C17H28N2O/c1-5-9-19(10-6-2)17(20)7-8-18-16-12-14(3)11-15(4)13-16/h11-13,18H,5-10H2,1-4H3. The monoisotopic (exact) mass is 276 g/mol. The van der Waals surface area contributed by atoms with Gasteiger partial charge in [-0.2, -0.15) is 0 Å². The number of hydrogen-bond donors (Lipinski definition) is 1. The Hall–Kier alpha value is -1.51. The number of aryl methyl sites for hydroxylation is 2. The molecule has 1 amide bonds. The predicted molar refractivity (Wildman–Crippen MR) is 86.2 cm³/mol. The van der Waals surface area contributed by atoms with Gasteiger partial charge in [0.05, 0.1) is 0 Å². The molecule has 0 aromatic heterocycles. The lowest BCUT2D eigenvalue weighted by atomic mass is 10.1. The molecule has 0 bridgehead atoms. The molecule has 20 heavy (non-hydrogen) atoms. The maximum atomic E-state index is 12.1. The quantitative estimate of drug-likeness (QED) is 0.784. The zero-order chi connectivity index (χ0) is 15.0. The molecule has 0 radical (unpaired) electrons. The van der Waals surface area contributed by atoms with Gasteiger partial charge in [0, 0.05) is 31.7 Å². The molecule has 0 fully saturated rings. The van der Waals surface area contributed by atoms with E-state index in [9.17, 15) is 4.79 Å². The molecule has 1 aromatic carbocycles. The molecule has 0 heterocycles. The highest BCUT2D eigenvalue weighted by atomic mass is 16.2. The van der Waals surface area contributed by atoms with Crippen LogP contribution >= 0.6 is 0 Å². The summed E-state index contributed by atoms with van der Waals surface area (Å²) in [6.07, 6.45) is 2.61. The number of benzene rings is 1. The van der Waals surface area contributed by atoms with Gasteiger partial charge in [-0.25, -0.2) is 0 Å². The lowest BCUT2D eigenvalue weighted by Crippen LogP contribution is -2.33. The van der Waals surface area contributed by atoms with Crippen LogP contribution in [0.4, 0.5) is 5.69 Å². The Labute approximate surface area is 123 Å². The first-order valence-electron chi connectivity index (χ1n) is 7.66. The summed E-state index contributed by atoms with van der Waals surface area (Å²) in [5.74, 6) is 0.255. The molecular formula is C17H28N2O. The minimum Gasteiger partial charge on any atom is -0.385 e. The molecule has 1 N–H and O–H groups in total. The third-order valence-corrected chi connectivity index (χ3v) is 3.23. The van der Waals surface area contributed by atoms with Crippen molar-refractivity contribution in [3.8, 4) is 0 Å². The topological polar surface area (TPSA) is 32.3 Å². The van der Waals surface area contributed by atoms with E-state index >= 15 is 0 Å². The van der Waals surface area contributed by atoms with Gasteiger partial charge in [-0.05, 0) is 49.9 Å². The van der Waals surface area contributed by atoms with Gasteiger partial charge in [-0.3, -0.25) is 4.79 Å². The highest BCUT2D eigenvalue weighted by molar-refractivity contribution is 5.76. The Kier molecular flexibility index (Phi) is 7.13. The van der Waals surface area contributed by atoms with E-state index in [1.54, 1.807) is 0 Å². The summed E-state index contributed by atoms with van der Waals surface area (Å²) < 4.78 is 0. The Balaban J connectivity index is 2.44. The second kappa shape index (κ2) is 8.62. The fraction of sp³-hybridized carbons (Fsp3) is 0.588. The zero-order valence-corrected chi connectivity index (χ0v) is 13.3. The second-order valence-electron chi connectivity index (χ2n) is 5.43. The summed E-state index contributed by atoms with van der Waals surface area (Å²) >= 11 is 0. The van der Waals surface area contributed by atoms with E-state index in [0.717, 1.165) is 31.6 Å². The number of carbonyl (C=O) groups is 1. The smallest absolute Gasteiger partial charge is 0.224 e. The summed E-state index contributed by atoms with van der Waals surface area (Å²) in [6, 6.07) is 6.39. The number of amides is 1. The van der Waals surface area contributed by atoms with E-state index in [1.165, 1.54) is 11.1 Å². The van der Waals surface area contributed by atoms with Crippen molar-refractivity contribution in [2.45, 2.75) is 47.0 Å². The first kappa shape index (κ1) is 16.5. The molecule has 0 saturated heterocycles. The van der Waals surface area contributed by atoms with Crippen molar-refractivity contribution in [3.05, 3.63) is 29.3 Å². The van der Waals surface area contributed by atoms with E-state index < -0.39 is 0 Å². The molecule has 0 aliphatic carbocycles. The molecule has 0 atom stereocenters. The SMILES string of the molecule is CCCN(CCC)C(=O)CCNc1cc(C)cc(C)c1. The molecule has 1 rings (SSSR count). The molecular weight excluding hydrogens is 248 g/mol. The van der Waals surface area contributed by atoms with E-state index in [-0.39, 0.29) is 5.91 Å². The van der Waals surface area contributed by atoms with Crippen molar-refractivity contribution in [2.75, 3.05) is 25.0 Å². The van der Waals surface area contributed by atoms with Crippen LogP contribution in [0.1, 0.15) is 44.2 Å². The van der Waals surface area contributed by atoms with Gasteiger partial charge in [0.25, 0.3) is 0 Å². The normalized spacial score (nSPS) is 10.4. The Bertz CT molecular complexity index is 403. The Morgan fingerprint density at radius 1 is 1.05 bits per heavy atom. The van der Waals surface area contributed by atoms with E-state index in [0.29, 0.717) is 13.0 Å². The minimum atomic E-state index is 0.255. The van der Waals surface area contributed by atoms with Crippen molar-refractivity contribution in [1.29, 1.82) is 0 Å². The van der Waals surface area contributed by atoms with Crippen LogP contribution in [-0.2, 0) is 4.79 Å². The lowest BCUT2D eigenvalue weighted by Gasteiger charge is -2.21. The molecule has 0 saturated carbocycles. The van der Waals surface area contributed by atoms with E-state index in [2.05, 4.69) is 51.2 Å². The Morgan fingerprint density at radius 3 is 2.10 bits per heavy atom. The maximum Gasteiger partial charge on any atom is 0.224 e. The average Bonchev–Trinajstić information content (AvgIpc) is 2.37. The second-order valence-corrected chi connectivity index (χ2v) is 5.43. The van der Waals surface area contributed by atoms with Crippen LogP contribution in [0.5, 0.6) is 0 Å². The predicted octanol–water partition coefficient (Wildman–Crippen LogP) is 3.75. The van der Waals surface area contributed by atoms with Gasteiger partial charge >= 0.3 is 0 Å². The minimum absolute atomic E-state index is 0.255. The number of hydrogen-bond acceptors (Lipinski definition) is 2. The number of anilines is 1. The fourth-order valence-corrected chi connectivity index (χ4v) is 2.45. The van der Waals surface area contributed by atoms with Crippen LogP contribution in [0.15, 0.2) is 18.2 Å². The van der Waals surface area contributed by atoms with Crippen molar-refractivity contribution in [3.63, 3.8) is 0 Å². The van der Waals surface area contributed by atoms with Crippen LogP contribution in [0, 0.1) is 13.8 Å². The summed E-state index contributed by atoms with van der Waals surface area (Å²) in [5.41, 5.74) is 3.60. The van der Waals surface area contributed by atoms with Crippen molar-refractivity contribution in [2.24, 2.45) is 0 Å². The van der Waals surface area contributed by atoms with E-state index in [4.69, 9.17) is 0 Å². The van der Waals surface area contributed by atoms with Crippen LogP contribution in [0.25, 0.3) is 0 Å². The highest BCUT2D eigenvalue weighted by Crippen LogP contribution is 2.13. The van der Waals surface area contributed by atoms with Gasteiger partial charge in [0.2, 0.25) is 5.91 Å². The molecule has 0 aliphatic rings. The summed E-state index contributed by atoms with van der Waals surface area (Å²) in [6.45, 7) is 10.9. The summed E-state index contributed by atoms with van der Waals surface area (Å²) in [5, 5.41) is 3.35. The third kappa shape index (κ3) is 5.64. The maximum absolute atomic E-state index is 12.1. The molecule has 0 unspecified atom stereocenters. The first-order chi connectivity index (χ1) is 9.56. The number of nitrogens with zero attached hydrogens (tertiary/aromatic N) is 1. The average molecular weight is 276 g/mol. The molecule has 1 aromatic rings. The molecule has 3 heteroatoms. The first-order valence-corrected chi connectivity index (χ1v) is 7.66. The molecule has 112 valence electrons. The van der Waals surface area contributed by atoms with Crippen LogP contribution in [0.2, 0.25) is 0 Å². The van der Waals surface area contributed by atoms with Gasteiger partial charge < -0.3 is 10.2 Å². The Morgan fingerprint density at radius 2 is 1.60 bits per heavy atom. The number of nitrogens with one attached hydrogen (secondary N) is 1. The van der Waals surface area contributed by atoms with Gasteiger partial charge in [0.15, 0.2) is 0 Å². The fourth-order valence-electron chi connectivity index (χ4n) is 2.45. The van der Waals surface area contributed by atoms with Crippen LogP contribution in [0.3, 0.4) is 0 Å². The lowest BCUT2D eigenvalue weighted by molar-refractivity contribution is -0.131. The highest BCUT2D eigenvalue weighted by Gasteiger charge is 2.10. The van der Waals surface area contributed by atoms with Crippen LogP contribution < -0.4 is 5.32 Å². The third-order valence-electron chi connectivity index (χ3n) is 3.23. The summed E-state index contributed by atoms with van der Waals surface area (Å²) in [4.78, 5) is 14.1. The molecule has 0 aliphatic heterocycles. The van der Waals surface area contributed by atoms with Crippen molar-refractivity contribution in [1.82, 2.24) is 4.90 Å². The van der Waals surface area contributed by atoms with Gasteiger partial charge in [-0.15, -0.1) is 0 Å². The van der Waals surface area contributed by atoms with Crippen molar-refractivity contribution >= 4 is 11.6 Å².